The molecule has 3 aromatic rings. The maximum atomic E-state index is 13.0. The number of carbonyl (C=O) groups is 2. The number of hydrogen-bond acceptors (Lipinski definition) is 8. The van der Waals surface area contributed by atoms with Crippen LogP contribution in [0.25, 0.3) is 21.6 Å². The fourth-order valence-corrected chi connectivity index (χ4v) is 7.98. The molecule has 0 saturated carbocycles. The summed E-state index contributed by atoms with van der Waals surface area (Å²) in [4.78, 5) is 32.8. The van der Waals surface area contributed by atoms with Crippen molar-refractivity contribution in [2.75, 3.05) is 19.0 Å². The van der Waals surface area contributed by atoms with Crippen LogP contribution in [0.1, 0.15) is 56.7 Å². The zero-order chi connectivity index (χ0) is 27.8. The Morgan fingerprint density at radius 3 is 2.58 bits per heavy atom. The molecule has 2 aliphatic heterocycles. The molecule has 5 rings (SSSR count). The van der Waals surface area contributed by atoms with Gasteiger partial charge in [-0.1, -0.05) is 48.9 Å². The van der Waals surface area contributed by atoms with E-state index in [0.717, 1.165) is 59.4 Å². The molecule has 2 fully saturated rings. The largest absolute Gasteiger partial charge is 0.513 e. The van der Waals surface area contributed by atoms with Crippen LogP contribution in [-0.4, -0.2) is 37.3 Å². The fourth-order valence-electron chi connectivity index (χ4n) is 5.09. The van der Waals surface area contributed by atoms with Crippen molar-refractivity contribution in [1.82, 2.24) is 5.48 Å². The van der Waals surface area contributed by atoms with Crippen molar-refractivity contribution in [3.8, 4) is 27.3 Å². The summed E-state index contributed by atoms with van der Waals surface area (Å²) >= 11 is 3.63. The molecule has 1 N–H and O–H groups in total. The minimum Gasteiger partial charge on any atom is -0.434 e. The molecule has 7 nitrogen and oxygen atoms in total. The summed E-state index contributed by atoms with van der Waals surface area (Å²) < 4.78 is 15.7. The van der Waals surface area contributed by atoms with E-state index in [1.165, 1.54) is 11.3 Å². The molecule has 2 aliphatic rings. The fraction of sp³-hybridized carbons (Fsp3) is 0.419. The van der Waals surface area contributed by atoms with Gasteiger partial charge in [0.15, 0.2) is 6.29 Å². The van der Waals surface area contributed by atoms with Gasteiger partial charge in [0.2, 0.25) is 5.91 Å². The van der Waals surface area contributed by atoms with Crippen LogP contribution in [0.15, 0.2) is 60.7 Å². The standard InChI is InChI=1S/C31H35NO6S2/c1-2-35-30(34)37-25-10-4-3-9-24(25)22-12-14-23(15-13-22)26-16-17-27(40-26)31(18-6-8-20-39-31)21-28(33)32-38-29-11-5-7-19-36-29/h3-4,9-10,12-17,29H,2,5-8,11,18-21H2,1H3,(H,32,33)/t29?,31-/m0/s1. The smallest absolute Gasteiger partial charge is 0.434 e. The lowest BCUT2D eigenvalue weighted by Gasteiger charge is -2.35. The van der Waals surface area contributed by atoms with Crippen LogP contribution in [-0.2, 0) is 23.9 Å². The van der Waals surface area contributed by atoms with Gasteiger partial charge < -0.3 is 14.2 Å². The summed E-state index contributed by atoms with van der Waals surface area (Å²) in [6, 6.07) is 20.0. The number of nitrogens with one attached hydrogen (secondary N) is 1. The van der Waals surface area contributed by atoms with E-state index in [1.54, 1.807) is 24.3 Å². The number of ether oxygens (including phenoxy) is 3. The van der Waals surface area contributed by atoms with Gasteiger partial charge in [-0.05, 0) is 67.7 Å². The van der Waals surface area contributed by atoms with Crippen LogP contribution in [0.4, 0.5) is 4.79 Å². The Balaban J connectivity index is 1.29. The lowest BCUT2D eigenvalue weighted by atomic mass is 9.94. The Morgan fingerprint density at radius 1 is 1.00 bits per heavy atom. The summed E-state index contributed by atoms with van der Waals surface area (Å²) in [5, 5.41) is 0. The zero-order valence-electron chi connectivity index (χ0n) is 22.7. The van der Waals surface area contributed by atoms with Gasteiger partial charge >= 0.3 is 6.16 Å². The second-order valence-electron chi connectivity index (χ2n) is 9.94. The average molecular weight is 582 g/mol. The first-order valence-electron chi connectivity index (χ1n) is 13.9. The average Bonchev–Trinajstić information content (AvgIpc) is 3.49. The topological polar surface area (TPSA) is 83.1 Å². The highest BCUT2D eigenvalue weighted by molar-refractivity contribution is 8.00. The molecule has 1 unspecified atom stereocenters. The van der Waals surface area contributed by atoms with Crippen LogP contribution >= 0.6 is 23.1 Å². The van der Waals surface area contributed by atoms with Crippen LogP contribution in [0.5, 0.6) is 5.75 Å². The van der Waals surface area contributed by atoms with Crippen molar-refractivity contribution in [1.29, 1.82) is 0 Å². The number of thioether (sulfide) groups is 1. The van der Waals surface area contributed by atoms with Crippen LogP contribution in [0, 0.1) is 0 Å². The van der Waals surface area contributed by atoms with Gasteiger partial charge in [-0.2, -0.15) is 0 Å². The van der Waals surface area contributed by atoms with E-state index in [0.29, 0.717) is 18.8 Å². The number of rotatable bonds is 9. The number of hydrogen-bond donors (Lipinski definition) is 1. The molecule has 9 heteroatoms. The number of carbonyl (C=O) groups excluding carboxylic acids is 2. The quantitative estimate of drug-likeness (QED) is 0.158. The van der Waals surface area contributed by atoms with Gasteiger partial charge in [0, 0.05) is 34.8 Å². The Bertz CT molecular complexity index is 1280. The number of benzene rings is 2. The molecule has 2 saturated heterocycles. The SMILES string of the molecule is CCOC(=O)Oc1ccccc1-c1ccc(-c2ccc([C@@]3(CC(=O)NOC4CCCCO4)CCCCS3)s2)cc1. The summed E-state index contributed by atoms with van der Waals surface area (Å²) in [5.74, 6) is 1.39. The van der Waals surface area contributed by atoms with Crippen molar-refractivity contribution < 1.29 is 28.6 Å². The van der Waals surface area contributed by atoms with E-state index < -0.39 is 6.16 Å². The number of hydroxylamine groups is 1. The Hall–Kier alpha value is -2.85. The third-order valence-electron chi connectivity index (χ3n) is 7.12. The van der Waals surface area contributed by atoms with Gasteiger partial charge in [0.25, 0.3) is 0 Å². The van der Waals surface area contributed by atoms with Crippen LogP contribution in [0.2, 0.25) is 0 Å². The molecular weight excluding hydrogens is 546 g/mol. The van der Waals surface area contributed by atoms with E-state index in [-0.39, 0.29) is 23.6 Å². The highest BCUT2D eigenvalue weighted by atomic mass is 32.2. The van der Waals surface area contributed by atoms with Crippen molar-refractivity contribution in [2.24, 2.45) is 0 Å². The van der Waals surface area contributed by atoms with Crippen molar-refractivity contribution in [2.45, 2.75) is 62.9 Å². The third kappa shape index (κ3) is 7.07. The molecule has 2 aromatic carbocycles. The first-order chi connectivity index (χ1) is 19.6. The predicted molar refractivity (Wildman–Crippen MR) is 158 cm³/mol. The van der Waals surface area contributed by atoms with Crippen LogP contribution in [0.3, 0.4) is 0 Å². The predicted octanol–water partition coefficient (Wildman–Crippen LogP) is 7.69. The minimum absolute atomic E-state index is 0.105. The second kappa shape index (κ2) is 13.7. The van der Waals surface area contributed by atoms with E-state index in [2.05, 4.69) is 29.7 Å². The molecule has 0 spiro atoms. The first kappa shape index (κ1) is 28.7. The molecule has 1 aromatic heterocycles. The monoisotopic (exact) mass is 581 g/mol. The third-order valence-corrected chi connectivity index (χ3v) is 10.2. The summed E-state index contributed by atoms with van der Waals surface area (Å²) in [5.41, 5.74) is 5.53. The molecular formula is C31H35NO6S2. The molecule has 0 radical (unpaired) electrons. The van der Waals surface area contributed by atoms with E-state index in [9.17, 15) is 9.59 Å². The molecule has 1 amide bonds. The summed E-state index contributed by atoms with van der Waals surface area (Å²) in [7, 11) is 0. The Labute approximate surface area is 243 Å². The van der Waals surface area contributed by atoms with Gasteiger partial charge in [0.1, 0.15) is 5.75 Å². The number of thiophene rings is 1. The summed E-state index contributed by atoms with van der Waals surface area (Å²) in [6.45, 7) is 2.67. The maximum absolute atomic E-state index is 13.0. The molecule has 3 heterocycles. The van der Waals surface area contributed by atoms with Gasteiger partial charge in [-0.15, -0.1) is 23.1 Å². The van der Waals surface area contributed by atoms with E-state index in [1.807, 2.05) is 42.1 Å². The molecule has 2 atom stereocenters. The first-order valence-corrected chi connectivity index (χ1v) is 15.7. The zero-order valence-corrected chi connectivity index (χ0v) is 24.3. The van der Waals surface area contributed by atoms with E-state index in [4.69, 9.17) is 19.0 Å². The molecule has 0 aliphatic carbocycles. The van der Waals surface area contributed by atoms with E-state index >= 15 is 0 Å². The lowest BCUT2D eigenvalue weighted by Crippen LogP contribution is -2.37. The van der Waals surface area contributed by atoms with Crippen LogP contribution < -0.4 is 10.2 Å². The van der Waals surface area contributed by atoms with Gasteiger partial charge in [-0.3, -0.25) is 4.79 Å². The Morgan fingerprint density at radius 2 is 1.82 bits per heavy atom. The number of amides is 1. The normalized spacial score (nSPS) is 21.0. The minimum atomic E-state index is -0.713. The van der Waals surface area contributed by atoms with Gasteiger partial charge in [0.05, 0.1) is 11.4 Å². The molecule has 212 valence electrons. The lowest BCUT2D eigenvalue weighted by molar-refractivity contribution is -0.200. The van der Waals surface area contributed by atoms with Crippen molar-refractivity contribution >= 4 is 35.2 Å². The molecule has 0 bridgehead atoms. The highest BCUT2D eigenvalue weighted by Gasteiger charge is 2.38. The Kier molecular flexibility index (Phi) is 9.80. The van der Waals surface area contributed by atoms with Crippen molar-refractivity contribution in [3.05, 3.63) is 65.5 Å². The maximum Gasteiger partial charge on any atom is 0.513 e. The number of para-hydroxylation sites is 1. The van der Waals surface area contributed by atoms with Gasteiger partial charge in [-0.25, -0.2) is 15.1 Å². The second-order valence-corrected chi connectivity index (χ2v) is 12.5. The highest BCUT2D eigenvalue weighted by Crippen LogP contribution is 2.51. The molecule has 40 heavy (non-hydrogen) atoms. The van der Waals surface area contributed by atoms with Crippen molar-refractivity contribution in [3.63, 3.8) is 0 Å². The summed E-state index contributed by atoms with van der Waals surface area (Å²) in [6.07, 6.45) is 5.42.